The second-order valence-corrected chi connectivity index (χ2v) is 9.38. The molecule has 4 fully saturated rings. The molecule has 27 heavy (non-hydrogen) atoms. The minimum atomic E-state index is -1.81. The minimum Gasteiger partial charge on any atom is -0.481 e. The van der Waals surface area contributed by atoms with Crippen LogP contribution in [0.3, 0.4) is 0 Å². The quantitative estimate of drug-likeness (QED) is 0.552. The van der Waals surface area contributed by atoms with Crippen LogP contribution in [-0.2, 0) is 14.4 Å². The average molecular weight is 378 g/mol. The van der Waals surface area contributed by atoms with E-state index in [2.05, 4.69) is 6.58 Å². The fraction of sp³-hybridized carbons (Fsp3) is 0.750. The Balaban J connectivity index is 2.02. The van der Waals surface area contributed by atoms with Crippen LogP contribution in [0.2, 0.25) is 0 Å². The Morgan fingerprint density at radius 3 is 2.30 bits per heavy atom. The van der Waals surface area contributed by atoms with E-state index < -0.39 is 58.0 Å². The summed E-state index contributed by atoms with van der Waals surface area (Å²) >= 11 is 0. The number of aliphatic carboxylic acids is 3. The molecule has 4 N–H and O–H groups in total. The maximum absolute atomic E-state index is 12.7. The SMILES string of the molecule is C=C1CC23CC1CCC2C1(C(=O)O)CCC(O)C(C)(C(=O)O)C1C3C(=O)O. The molecule has 0 amide bonds. The summed E-state index contributed by atoms with van der Waals surface area (Å²) in [6, 6.07) is 0. The zero-order valence-electron chi connectivity index (χ0n) is 15.4. The first kappa shape index (κ1) is 18.5. The van der Waals surface area contributed by atoms with Crippen LogP contribution in [0.15, 0.2) is 12.2 Å². The highest BCUT2D eigenvalue weighted by Gasteiger charge is 2.80. The van der Waals surface area contributed by atoms with Crippen LogP contribution < -0.4 is 0 Å². The van der Waals surface area contributed by atoms with Crippen molar-refractivity contribution in [1.29, 1.82) is 0 Å². The summed E-state index contributed by atoms with van der Waals surface area (Å²) in [5.41, 5.74) is -3.08. The molecule has 8 atom stereocenters. The molecule has 4 saturated carbocycles. The van der Waals surface area contributed by atoms with Gasteiger partial charge < -0.3 is 20.4 Å². The first-order valence-electron chi connectivity index (χ1n) is 9.58. The number of hydrogen-bond donors (Lipinski definition) is 4. The summed E-state index contributed by atoms with van der Waals surface area (Å²) in [5.74, 6) is -6.08. The smallest absolute Gasteiger partial charge is 0.312 e. The highest BCUT2D eigenvalue weighted by Crippen LogP contribution is 2.77. The van der Waals surface area contributed by atoms with Crippen molar-refractivity contribution in [3.8, 4) is 0 Å². The lowest BCUT2D eigenvalue weighted by molar-refractivity contribution is -0.191. The Bertz CT molecular complexity index is 759. The van der Waals surface area contributed by atoms with Gasteiger partial charge in [0, 0.05) is 5.92 Å². The first-order chi connectivity index (χ1) is 12.5. The van der Waals surface area contributed by atoms with Gasteiger partial charge in [0.15, 0.2) is 0 Å². The fourth-order valence-corrected chi connectivity index (χ4v) is 7.69. The van der Waals surface area contributed by atoms with E-state index in [0.717, 1.165) is 12.0 Å². The number of aliphatic hydroxyl groups excluding tert-OH is 1. The van der Waals surface area contributed by atoms with Gasteiger partial charge in [0.1, 0.15) is 0 Å². The number of rotatable bonds is 3. The van der Waals surface area contributed by atoms with Gasteiger partial charge in [0.2, 0.25) is 0 Å². The van der Waals surface area contributed by atoms with Crippen molar-refractivity contribution in [2.24, 2.45) is 39.9 Å². The highest BCUT2D eigenvalue weighted by molar-refractivity contribution is 5.86. The van der Waals surface area contributed by atoms with E-state index in [4.69, 9.17) is 0 Å². The number of carboxylic acids is 3. The molecule has 4 aliphatic carbocycles. The number of carbonyl (C=O) groups is 3. The molecule has 0 aromatic heterocycles. The van der Waals surface area contributed by atoms with Crippen molar-refractivity contribution in [2.75, 3.05) is 0 Å². The van der Waals surface area contributed by atoms with Crippen LogP contribution in [0, 0.1) is 39.9 Å². The molecule has 8 unspecified atom stereocenters. The van der Waals surface area contributed by atoms with Gasteiger partial charge in [-0.25, -0.2) is 0 Å². The molecule has 7 heteroatoms. The normalized spacial score (nSPS) is 50.7. The van der Waals surface area contributed by atoms with E-state index in [9.17, 15) is 34.8 Å². The highest BCUT2D eigenvalue weighted by atomic mass is 16.4. The largest absolute Gasteiger partial charge is 0.481 e. The van der Waals surface area contributed by atoms with E-state index in [-0.39, 0.29) is 18.8 Å². The third-order valence-corrected chi connectivity index (χ3v) is 8.68. The van der Waals surface area contributed by atoms with Gasteiger partial charge in [-0.3, -0.25) is 14.4 Å². The topological polar surface area (TPSA) is 132 Å². The van der Waals surface area contributed by atoms with E-state index in [1.807, 2.05) is 0 Å². The predicted octanol–water partition coefficient (Wildman–Crippen LogP) is 2.00. The number of fused-ring (bicyclic) bond motifs is 3. The molecule has 0 aromatic rings. The summed E-state index contributed by atoms with van der Waals surface area (Å²) < 4.78 is 0. The van der Waals surface area contributed by atoms with Crippen molar-refractivity contribution < 1.29 is 34.8 Å². The molecule has 4 rings (SSSR count). The van der Waals surface area contributed by atoms with Crippen LogP contribution in [-0.4, -0.2) is 44.4 Å². The Kier molecular flexibility index (Phi) is 3.65. The molecule has 148 valence electrons. The van der Waals surface area contributed by atoms with Crippen LogP contribution in [0.4, 0.5) is 0 Å². The molecule has 0 aliphatic heterocycles. The number of aliphatic hydroxyl groups is 1. The Morgan fingerprint density at radius 1 is 1.07 bits per heavy atom. The predicted molar refractivity (Wildman–Crippen MR) is 92.7 cm³/mol. The lowest BCUT2D eigenvalue weighted by Gasteiger charge is -2.51. The standard InChI is InChI=1S/C20H26O7/c1-9-7-19-8-10(9)3-4-11(19)20(17(26)27)6-5-12(21)18(2,16(24)25)14(20)13(19)15(22)23/h10-14,21H,1,3-8H2,2H3,(H,22,23)(H,24,25)(H,26,27). The van der Waals surface area contributed by atoms with Crippen LogP contribution >= 0.6 is 0 Å². The van der Waals surface area contributed by atoms with E-state index in [0.29, 0.717) is 19.3 Å². The van der Waals surface area contributed by atoms with Crippen molar-refractivity contribution in [3.63, 3.8) is 0 Å². The van der Waals surface area contributed by atoms with Crippen LogP contribution in [0.25, 0.3) is 0 Å². The van der Waals surface area contributed by atoms with E-state index in [1.54, 1.807) is 0 Å². The fourth-order valence-electron chi connectivity index (χ4n) is 7.69. The van der Waals surface area contributed by atoms with Gasteiger partial charge in [-0.15, -0.1) is 0 Å². The Labute approximate surface area is 157 Å². The summed E-state index contributed by atoms with van der Waals surface area (Å²) in [6.45, 7) is 5.45. The van der Waals surface area contributed by atoms with Crippen LogP contribution in [0.5, 0.6) is 0 Å². The summed E-state index contributed by atoms with van der Waals surface area (Å²) in [6.07, 6.45) is 1.24. The summed E-state index contributed by atoms with van der Waals surface area (Å²) in [5, 5.41) is 41.1. The molecule has 4 aliphatic rings. The average Bonchev–Trinajstić information content (AvgIpc) is 2.99. The second-order valence-electron chi connectivity index (χ2n) is 9.38. The maximum Gasteiger partial charge on any atom is 0.312 e. The summed E-state index contributed by atoms with van der Waals surface area (Å²) in [7, 11) is 0. The molecule has 0 radical (unpaired) electrons. The molecule has 0 heterocycles. The van der Waals surface area contributed by atoms with Gasteiger partial charge in [0.05, 0.1) is 22.9 Å². The number of allylic oxidation sites excluding steroid dienone is 1. The molecular weight excluding hydrogens is 352 g/mol. The van der Waals surface area contributed by atoms with E-state index >= 15 is 0 Å². The molecule has 7 nitrogen and oxygen atoms in total. The van der Waals surface area contributed by atoms with Gasteiger partial charge in [0.25, 0.3) is 0 Å². The third-order valence-electron chi connectivity index (χ3n) is 8.68. The number of hydrogen-bond acceptors (Lipinski definition) is 4. The molecule has 0 saturated heterocycles. The lowest BCUT2D eigenvalue weighted by atomic mass is 9.51. The molecule has 2 bridgehead atoms. The van der Waals surface area contributed by atoms with Gasteiger partial charge in [-0.1, -0.05) is 12.2 Å². The first-order valence-corrected chi connectivity index (χ1v) is 9.58. The molecular formula is C20H26O7. The van der Waals surface area contributed by atoms with Crippen molar-refractivity contribution in [2.45, 2.75) is 51.6 Å². The zero-order valence-corrected chi connectivity index (χ0v) is 15.4. The summed E-state index contributed by atoms with van der Waals surface area (Å²) in [4.78, 5) is 37.4. The molecule has 0 aromatic carbocycles. The zero-order chi connectivity index (χ0) is 19.9. The lowest BCUT2D eigenvalue weighted by Crippen LogP contribution is -2.60. The van der Waals surface area contributed by atoms with Crippen molar-refractivity contribution >= 4 is 17.9 Å². The second kappa shape index (κ2) is 5.34. The van der Waals surface area contributed by atoms with Crippen molar-refractivity contribution in [1.82, 2.24) is 0 Å². The van der Waals surface area contributed by atoms with Crippen LogP contribution in [0.1, 0.15) is 45.4 Å². The van der Waals surface area contributed by atoms with E-state index in [1.165, 1.54) is 6.92 Å². The third kappa shape index (κ3) is 1.88. The molecule has 1 spiro atoms. The Morgan fingerprint density at radius 2 is 1.74 bits per heavy atom. The van der Waals surface area contributed by atoms with Crippen molar-refractivity contribution in [3.05, 3.63) is 12.2 Å². The van der Waals surface area contributed by atoms with Gasteiger partial charge >= 0.3 is 17.9 Å². The number of carboxylic acid groups (broad SMARTS) is 3. The monoisotopic (exact) mass is 378 g/mol. The van der Waals surface area contributed by atoms with Gasteiger partial charge in [-0.05, 0) is 62.7 Å². The maximum atomic E-state index is 12.7. The Hall–Kier alpha value is -1.89. The minimum absolute atomic E-state index is 0.0505. The van der Waals surface area contributed by atoms with Gasteiger partial charge in [-0.2, -0.15) is 0 Å².